The minimum Gasteiger partial charge on any atom is -0.390 e. The van der Waals surface area contributed by atoms with Crippen LogP contribution in [0.15, 0.2) is 12.4 Å². The fraction of sp³-hybridized carbons (Fsp3) is 0.611. The van der Waals surface area contributed by atoms with Gasteiger partial charge in [-0.15, -0.1) is 0 Å². The second kappa shape index (κ2) is 7.59. The monoisotopic (exact) mass is 344 g/mol. The average molecular weight is 344 g/mol. The summed E-state index contributed by atoms with van der Waals surface area (Å²) in [4.78, 5) is 20.1. The van der Waals surface area contributed by atoms with Crippen molar-refractivity contribution in [3.8, 4) is 0 Å². The van der Waals surface area contributed by atoms with E-state index < -0.39 is 0 Å². The first kappa shape index (κ1) is 18.0. The smallest absolute Gasteiger partial charge is 0.165 e. The third kappa shape index (κ3) is 4.23. The standard InChI is InChI=1S/C18H28N6O/c1-13-9-14(2)21-17-16(13)18(20-12-19-17)24-7-5-23(6-8-24)11-15(25)10-22(3)4/h9,12,15,25H,5-8,10-11H2,1-4H3/t15-/m0/s1. The number of aryl methyl sites for hydroxylation is 2. The summed E-state index contributed by atoms with van der Waals surface area (Å²) in [7, 11) is 3.97. The first-order valence-corrected chi connectivity index (χ1v) is 8.83. The van der Waals surface area contributed by atoms with Crippen LogP contribution in [0.3, 0.4) is 0 Å². The molecule has 2 aromatic heterocycles. The molecule has 1 N–H and O–H groups in total. The molecule has 3 rings (SSSR count). The van der Waals surface area contributed by atoms with Gasteiger partial charge in [-0.3, -0.25) is 4.90 Å². The Morgan fingerprint density at radius 3 is 2.56 bits per heavy atom. The van der Waals surface area contributed by atoms with Gasteiger partial charge in [-0.2, -0.15) is 0 Å². The number of aromatic nitrogens is 3. The third-order valence-electron chi connectivity index (χ3n) is 4.63. The van der Waals surface area contributed by atoms with Crippen molar-refractivity contribution in [1.29, 1.82) is 0 Å². The van der Waals surface area contributed by atoms with Crippen LogP contribution in [0.5, 0.6) is 0 Å². The number of piperazine rings is 1. The normalized spacial score (nSPS) is 17.4. The highest BCUT2D eigenvalue weighted by molar-refractivity contribution is 5.90. The molecule has 25 heavy (non-hydrogen) atoms. The highest BCUT2D eigenvalue weighted by Gasteiger charge is 2.22. The van der Waals surface area contributed by atoms with Gasteiger partial charge in [0, 0.05) is 45.0 Å². The van der Waals surface area contributed by atoms with Crippen LogP contribution in [0.25, 0.3) is 11.0 Å². The van der Waals surface area contributed by atoms with E-state index in [0.717, 1.165) is 55.3 Å². The summed E-state index contributed by atoms with van der Waals surface area (Å²) in [6.07, 6.45) is 1.30. The minimum absolute atomic E-state index is 0.309. The number of aliphatic hydroxyl groups excluding tert-OH is 1. The summed E-state index contributed by atoms with van der Waals surface area (Å²) in [6.45, 7) is 9.14. The van der Waals surface area contributed by atoms with Gasteiger partial charge in [0.15, 0.2) is 5.65 Å². The molecule has 0 amide bonds. The Morgan fingerprint density at radius 2 is 1.88 bits per heavy atom. The maximum absolute atomic E-state index is 10.1. The van der Waals surface area contributed by atoms with E-state index in [1.165, 1.54) is 5.56 Å². The van der Waals surface area contributed by atoms with Gasteiger partial charge in [0.1, 0.15) is 12.1 Å². The number of aliphatic hydroxyl groups is 1. The van der Waals surface area contributed by atoms with Gasteiger partial charge in [0.05, 0.1) is 11.5 Å². The Kier molecular flexibility index (Phi) is 5.46. The zero-order valence-electron chi connectivity index (χ0n) is 15.6. The van der Waals surface area contributed by atoms with Crippen LogP contribution in [-0.2, 0) is 0 Å². The van der Waals surface area contributed by atoms with Crippen molar-refractivity contribution in [2.24, 2.45) is 0 Å². The molecule has 1 fully saturated rings. The molecule has 0 radical (unpaired) electrons. The number of nitrogens with zero attached hydrogens (tertiary/aromatic N) is 6. The van der Waals surface area contributed by atoms with Gasteiger partial charge in [0.25, 0.3) is 0 Å². The summed E-state index contributed by atoms with van der Waals surface area (Å²) >= 11 is 0. The molecule has 0 saturated carbocycles. The van der Waals surface area contributed by atoms with E-state index in [1.54, 1.807) is 6.33 Å². The molecule has 0 aromatic carbocycles. The van der Waals surface area contributed by atoms with Gasteiger partial charge >= 0.3 is 0 Å². The molecule has 1 aliphatic heterocycles. The Morgan fingerprint density at radius 1 is 1.16 bits per heavy atom. The zero-order valence-corrected chi connectivity index (χ0v) is 15.6. The highest BCUT2D eigenvalue weighted by Crippen LogP contribution is 2.26. The fourth-order valence-corrected chi connectivity index (χ4v) is 3.55. The minimum atomic E-state index is -0.309. The summed E-state index contributed by atoms with van der Waals surface area (Å²) in [6, 6.07) is 2.09. The van der Waals surface area contributed by atoms with E-state index in [0.29, 0.717) is 6.54 Å². The zero-order chi connectivity index (χ0) is 18.0. The lowest BCUT2D eigenvalue weighted by molar-refractivity contribution is 0.0860. The van der Waals surface area contributed by atoms with E-state index >= 15 is 0 Å². The molecule has 1 aliphatic rings. The Labute approximate surface area is 149 Å². The van der Waals surface area contributed by atoms with Gasteiger partial charge in [0.2, 0.25) is 0 Å². The lowest BCUT2D eigenvalue weighted by Crippen LogP contribution is -2.50. The van der Waals surface area contributed by atoms with Gasteiger partial charge < -0.3 is 14.9 Å². The number of rotatable bonds is 5. The SMILES string of the molecule is Cc1cc(C)c2c(N3CCN(C[C@@H](O)CN(C)C)CC3)ncnc2n1. The van der Waals surface area contributed by atoms with Crippen LogP contribution in [0.4, 0.5) is 5.82 Å². The number of pyridine rings is 1. The predicted molar refractivity (Wildman–Crippen MR) is 100 cm³/mol. The molecule has 0 unspecified atom stereocenters. The van der Waals surface area contributed by atoms with Crippen molar-refractivity contribution in [1.82, 2.24) is 24.8 Å². The van der Waals surface area contributed by atoms with Crippen molar-refractivity contribution in [3.05, 3.63) is 23.7 Å². The third-order valence-corrected chi connectivity index (χ3v) is 4.63. The molecular weight excluding hydrogens is 316 g/mol. The van der Waals surface area contributed by atoms with E-state index in [2.05, 4.69) is 37.7 Å². The van der Waals surface area contributed by atoms with Crippen LogP contribution in [0.2, 0.25) is 0 Å². The Bertz CT molecular complexity index is 727. The molecule has 2 aromatic rings. The Balaban J connectivity index is 1.70. The summed E-state index contributed by atoms with van der Waals surface area (Å²) in [5, 5.41) is 11.2. The van der Waals surface area contributed by atoms with Crippen molar-refractivity contribution in [2.75, 3.05) is 58.3 Å². The number of β-amino-alcohol motifs (C(OH)–C–C–N with tert-alkyl or cyclic N) is 1. The number of hydrogen-bond donors (Lipinski definition) is 1. The maximum atomic E-state index is 10.1. The number of fused-ring (bicyclic) bond motifs is 1. The van der Waals surface area contributed by atoms with Crippen molar-refractivity contribution < 1.29 is 5.11 Å². The van der Waals surface area contributed by atoms with Crippen LogP contribution < -0.4 is 4.90 Å². The Hall–Kier alpha value is -1.83. The van der Waals surface area contributed by atoms with Crippen molar-refractivity contribution in [2.45, 2.75) is 20.0 Å². The number of likely N-dealkylation sites (N-methyl/N-ethyl adjacent to an activating group) is 1. The van der Waals surface area contributed by atoms with Gasteiger partial charge in [-0.25, -0.2) is 15.0 Å². The van der Waals surface area contributed by atoms with Crippen LogP contribution in [-0.4, -0.2) is 89.3 Å². The second-order valence-corrected chi connectivity index (χ2v) is 7.18. The first-order valence-electron chi connectivity index (χ1n) is 8.83. The quantitative estimate of drug-likeness (QED) is 0.856. The molecule has 136 valence electrons. The maximum Gasteiger partial charge on any atom is 0.165 e. The van der Waals surface area contributed by atoms with Crippen LogP contribution >= 0.6 is 0 Å². The molecule has 0 aliphatic carbocycles. The van der Waals surface area contributed by atoms with Gasteiger partial charge in [-0.1, -0.05) is 0 Å². The average Bonchev–Trinajstić information content (AvgIpc) is 2.54. The first-order chi connectivity index (χ1) is 11.9. The van der Waals surface area contributed by atoms with Gasteiger partial charge in [-0.05, 0) is 39.6 Å². The lowest BCUT2D eigenvalue weighted by atomic mass is 10.1. The molecule has 0 bridgehead atoms. The number of hydrogen-bond acceptors (Lipinski definition) is 7. The molecule has 1 atom stereocenters. The molecule has 1 saturated heterocycles. The highest BCUT2D eigenvalue weighted by atomic mass is 16.3. The molecule has 7 nitrogen and oxygen atoms in total. The molecular formula is C18H28N6O. The van der Waals surface area contributed by atoms with Crippen molar-refractivity contribution in [3.63, 3.8) is 0 Å². The summed E-state index contributed by atoms with van der Waals surface area (Å²) in [5.74, 6) is 0.975. The predicted octanol–water partition coefficient (Wildman–Crippen LogP) is 0.686. The van der Waals surface area contributed by atoms with Crippen molar-refractivity contribution >= 4 is 16.9 Å². The summed E-state index contributed by atoms with van der Waals surface area (Å²) in [5.41, 5.74) is 2.92. The van der Waals surface area contributed by atoms with E-state index in [4.69, 9.17) is 0 Å². The lowest BCUT2D eigenvalue weighted by Gasteiger charge is -2.36. The second-order valence-electron chi connectivity index (χ2n) is 7.18. The van der Waals surface area contributed by atoms with Crippen LogP contribution in [0.1, 0.15) is 11.3 Å². The summed E-state index contributed by atoms with van der Waals surface area (Å²) < 4.78 is 0. The largest absolute Gasteiger partial charge is 0.390 e. The fourth-order valence-electron chi connectivity index (χ4n) is 3.55. The van der Waals surface area contributed by atoms with E-state index in [1.807, 2.05) is 25.9 Å². The van der Waals surface area contributed by atoms with E-state index in [9.17, 15) is 5.11 Å². The molecule has 0 spiro atoms. The number of anilines is 1. The molecule has 7 heteroatoms. The topological polar surface area (TPSA) is 68.6 Å². The molecule has 3 heterocycles. The van der Waals surface area contributed by atoms with Crippen LogP contribution in [0, 0.1) is 13.8 Å². The van der Waals surface area contributed by atoms with E-state index in [-0.39, 0.29) is 6.10 Å².